The second-order valence-electron chi connectivity index (χ2n) is 6.69. The number of rotatable bonds is 10. The van der Waals surface area contributed by atoms with Crippen LogP contribution >= 0.6 is 23.2 Å². The van der Waals surface area contributed by atoms with Crippen LogP contribution in [-0.4, -0.2) is 35.9 Å². The van der Waals surface area contributed by atoms with Crippen molar-refractivity contribution in [1.29, 1.82) is 0 Å². The molecule has 1 atom stereocenters. The second-order valence-corrected chi connectivity index (χ2v) is 7.54. The van der Waals surface area contributed by atoms with E-state index in [1.165, 1.54) is 23.1 Å². The molecule has 162 valence electrons. The number of nitrogens with zero attached hydrogens (tertiary/aromatic N) is 1. The summed E-state index contributed by atoms with van der Waals surface area (Å²) in [6.45, 7) is 3.94. The molecule has 0 fully saturated rings. The van der Waals surface area contributed by atoms with Gasteiger partial charge in [0.1, 0.15) is 6.04 Å². The van der Waals surface area contributed by atoms with E-state index >= 15 is 0 Å². The van der Waals surface area contributed by atoms with E-state index < -0.39 is 24.4 Å². The van der Waals surface area contributed by atoms with Gasteiger partial charge in [0.25, 0.3) is 5.91 Å². The molecule has 2 aromatic carbocycles. The molecule has 0 saturated carbocycles. The van der Waals surface area contributed by atoms with Crippen LogP contribution in [0.5, 0.6) is 5.75 Å². The topological polar surface area (TPSA) is 58.6 Å². The SMILES string of the molecule is CCCNC(=O)[C@@H](CC)N(Cc1ccc(Cl)cc1Cl)C(=O)COc1ccccc1F. The predicted molar refractivity (Wildman–Crippen MR) is 116 cm³/mol. The summed E-state index contributed by atoms with van der Waals surface area (Å²) in [5.74, 6) is -1.31. The molecular formula is C22H25Cl2FN2O3. The van der Waals surface area contributed by atoms with Gasteiger partial charge in [-0.05, 0) is 42.7 Å². The Morgan fingerprint density at radius 2 is 1.90 bits per heavy atom. The van der Waals surface area contributed by atoms with Crippen molar-refractivity contribution in [3.8, 4) is 5.75 Å². The number of benzene rings is 2. The number of nitrogens with one attached hydrogen (secondary N) is 1. The first-order chi connectivity index (χ1) is 14.4. The summed E-state index contributed by atoms with van der Waals surface area (Å²) in [4.78, 5) is 27.1. The lowest BCUT2D eigenvalue weighted by Gasteiger charge is -2.31. The molecule has 0 spiro atoms. The molecular weight excluding hydrogens is 430 g/mol. The zero-order valence-electron chi connectivity index (χ0n) is 17.0. The number of para-hydroxylation sites is 1. The first-order valence-electron chi connectivity index (χ1n) is 9.75. The fourth-order valence-corrected chi connectivity index (χ4v) is 3.37. The van der Waals surface area contributed by atoms with Crippen LogP contribution in [0.1, 0.15) is 32.3 Å². The summed E-state index contributed by atoms with van der Waals surface area (Å²) in [7, 11) is 0. The van der Waals surface area contributed by atoms with Gasteiger partial charge >= 0.3 is 0 Å². The summed E-state index contributed by atoms with van der Waals surface area (Å²) in [6, 6.07) is 10.1. The van der Waals surface area contributed by atoms with Gasteiger partial charge in [-0.25, -0.2) is 4.39 Å². The molecule has 0 heterocycles. The minimum atomic E-state index is -0.722. The Morgan fingerprint density at radius 1 is 1.17 bits per heavy atom. The number of hydrogen-bond acceptors (Lipinski definition) is 3. The van der Waals surface area contributed by atoms with Crippen LogP contribution in [0.4, 0.5) is 4.39 Å². The fourth-order valence-electron chi connectivity index (χ4n) is 2.90. The van der Waals surface area contributed by atoms with E-state index in [1.54, 1.807) is 24.3 Å². The maximum atomic E-state index is 13.8. The smallest absolute Gasteiger partial charge is 0.261 e. The van der Waals surface area contributed by atoms with Crippen molar-refractivity contribution in [2.45, 2.75) is 39.3 Å². The van der Waals surface area contributed by atoms with Crippen molar-refractivity contribution in [1.82, 2.24) is 10.2 Å². The lowest BCUT2D eigenvalue weighted by Crippen LogP contribution is -2.50. The van der Waals surface area contributed by atoms with E-state index in [1.807, 2.05) is 13.8 Å². The number of amides is 2. The Bertz CT molecular complexity index is 879. The molecule has 0 aliphatic carbocycles. The first-order valence-corrected chi connectivity index (χ1v) is 10.5. The molecule has 0 aliphatic heterocycles. The van der Waals surface area contributed by atoms with E-state index in [0.717, 1.165) is 6.42 Å². The third kappa shape index (κ3) is 6.61. The highest BCUT2D eigenvalue weighted by Crippen LogP contribution is 2.24. The maximum absolute atomic E-state index is 13.8. The van der Waals surface area contributed by atoms with Crippen LogP contribution in [0.15, 0.2) is 42.5 Å². The molecule has 5 nitrogen and oxygen atoms in total. The van der Waals surface area contributed by atoms with Crippen LogP contribution in [0.2, 0.25) is 10.0 Å². The molecule has 0 aliphatic rings. The molecule has 2 amide bonds. The number of halogens is 3. The van der Waals surface area contributed by atoms with E-state index in [0.29, 0.717) is 28.6 Å². The Kier molecular flexibility index (Phi) is 9.40. The summed E-state index contributed by atoms with van der Waals surface area (Å²) >= 11 is 12.2. The van der Waals surface area contributed by atoms with E-state index in [4.69, 9.17) is 27.9 Å². The molecule has 1 N–H and O–H groups in total. The summed E-state index contributed by atoms with van der Waals surface area (Å²) in [5, 5.41) is 3.68. The highest BCUT2D eigenvalue weighted by atomic mass is 35.5. The van der Waals surface area contributed by atoms with Crippen LogP contribution in [0, 0.1) is 5.82 Å². The Morgan fingerprint density at radius 3 is 2.53 bits per heavy atom. The normalized spacial score (nSPS) is 11.6. The molecule has 0 radical (unpaired) electrons. The minimum absolute atomic E-state index is 0.0289. The maximum Gasteiger partial charge on any atom is 0.261 e. The second kappa shape index (κ2) is 11.8. The van der Waals surface area contributed by atoms with E-state index in [-0.39, 0.29) is 18.2 Å². The Labute approximate surface area is 186 Å². The molecule has 2 rings (SSSR count). The largest absolute Gasteiger partial charge is 0.481 e. The fraction of sp³-hybridized carbons (Fsp3) is 0.364. The van der Waals surface area contributed by atoms with Gasteiger partial charge in [-0.15, -0.1) is 0 Å². The standard InChI is InChI=1S/C22H25Cl2FN2O3/c1-3-11-26-22(29)19(4-2)27(13-15-9-10-16(23)12-17(15)24)21(28)14-30-20-8-6-5-7-18(20)25/h5-10,12,19H,3-4,11,13-14H2,1-2H3,(H,26,29)/t19-/m1/s1. The number of carbonyl (C=O) groups excluding carboxylic acids is 2. The molecule has 0 saturated heterocycles. The van der Waals surface area contributed by atoms with Crippen LogP contribution < -0.4 is 10.1 Å². The highest BCUT2D eigenvalue weighted by molar-refractivity contribution is 6.35. The summed E-state index contributed by atoms with van der Waals surface area (Å²) < 4.78 is 19.2. The summed E-state index contributed by atoms with van der Waals surface area (Å²) in [6.07, 6.45) is 1.17. The van der Waals surface area contributed by atoms with Crippen molar-refractivity contribution < 1.29 is 18.7 Å². The Hall–Kier alpha value is -2.31. The van der Waals surface area contributed by atoms with Gasteiger partial charge in [0.15, 0.2) is 18.2 Å². The molecule has 0 aromatic heterocycles. The van der Waals surface area contributed by atoms with Gasteiger partial charge in [-0.1, -0.05) is 55.2 Å². The van der Waals surface area contributed by atoms with Crippen LogP contribution in [0.25, 0.3) is 0 Å². The van der Waals surface area contributed by atoms with Crippen molar-refractivity contribution in [2.75, 3.05) is 13.2 Å². The van der Waals surface area contributed by atoms with Gasteiger partial charge in [-0.3, -0.25) is 9.59 Å². The zero-order valence-corrected chi connectivity index (χ0v) is 18.5. The van der Waals surface area contributed by atoms with E-state index in [2.05, 4.69) is 5.32 Å². The van der Waals surface area contributed by atoms with Crippen LogP contribution in [0.3, 0.4) is 0 Å². The predicted octanol–water partition coefficient (Wildman–Crippen LogP) is 4.84. The lowest BCUT2D eigenvalue weighted by molar-refractivity contribution is -0.143. The third-order valence-electron chi connectivity index (χ3n) is 4.48. The third-order valence-corrected chi connectivity index (χ3v) is 5.07. The summed E-state index contributed by atoms with van der Waals surface area (Å²) in [5.41, 5.74) is 0.641. The van der Waals surface area contributed by atoms with Gasteiger partial charge in [-0.2, -0.15) is 0 Å². The lowest BCUT2D eigenvalue weighted by atomic mass is 10.1. The molecule has 8 heteroatoms. The van der Waals surface area contributed by atoms with Gasteiger partial charge in [0.2, 0.25) is 5.91 Å². The molecule has 0 unspecified atom stereocenters. The number of carbonyl (C=O) groups is 2. The average molecular weight is 455 g/mol. The first kappa shape index (κ1) is 24.0. The van der Waals surface area contributed by atoms with Crippen molar-refractivity contribution in [3.63, 3.8) is 0 Å². The van der Waals surface area contributed by atoms with Crippen molar-refractivity contribution in [3.05, 3.63) is 63.9 Å². The van der Waals surface area contributed by atoms with Gasteiger partial charge in [0.05, 0.1) is 0 Å². The van der Waals surface area contributed by atoms with Crippen molar-refractivity contribution in [2.24, 2.45) is 0 Å². The van der Waals surface area contributed by atoms with Gasteiger partial charge < -0.3 is 15.0 Å². The quantitative estimate of drug-likeness (QED) is 0.558. The minimum Gasteiger partial charge on any atom is -0.481 e. The van der Waals surface area contributed by atoms with Crippen molar-refractivity contribution >= 4 is 35.0 Å². The average Bonchev–Trinajstić information content (AvgIpc) is 2.72. The Balaban J connectivity index is 2.25. The molecule has 0 bridgehead atoms. The van der Waals surface area contributed by atoms with E-state index in [9.17, 15) is 14.0 Å². The van der Waals surface area contributed by atoms with Crippen LogP contribution in [-0.2, 0) is 16.1 Å². The van der Waals surface area contributed by atoms with Gasteiger partial charge in [0, 0.05) is 23.1 Å². The monoisotopic (exact) mass is 454 g/mol. The zero-order chi connectivity index (χ0) is 22.1. The molecule has 30 heavy (non-hydrogen) atoms. The number of ether oxygens (including phenoxy) is 1. The molecule has 2 aromatic rings. The highest BCUT2D eigenvalue weighted by Gasteiger charge is 2.29. The number of hydrogen-bond donors (Lipinski definition) is 1.